The normalized spacial score (nSPS) is 9.62. The summed E-state index contributed by atoms with van der Waals surface area (Å²) >= 11 is 0. The van der Waals surface area contributed by atoms with Gasteiger partial charge in [0.2, 0.25) is 5.82 Å². The van der Waals surface area contributed by atoms with E-state index in [1.165, 1.54) is 5.56 Å². The van der Waals surface area contributed by atoms with Crippen LogP contribution in [0.5, 0.6) is 0 Å². The molecule has 0 saturated heterocycles. The number of aryl methyl sites for hydroxylation is 2. The maximum atomic E-state index is 4.92. The predicted octanol–water partition coefficient (Wildman–Crippen LogP) is 3.47. The molecule has 0 spiro atoms. The van der Waals surface area contributed by atoms with Crippen LogP contribution in [0.1, 0.15) is 41.2 Å². The van der Waals surface area contributed by atoms with Gasteiger partial charge in [0, 0.05) is 24.8 Å². The molecule has 0 bridgehead atoms. The van der Waals surface area contributed by atoms with Crippen LogP contribution in [0, 0.1) is 37.5 Å². The lowest BCUT2D eigenvalue weighted by molar-refractivity contribution is 0.240. The average molecular weight is 318 g/mol. The molecule has 1 heterocycles. The van der Waals surface area contributed by atoms with Gasteiger partial charge in [-0.2, -0.15) is 0 Å². The standard InChI is InChI=1S/C21H22N2O/c1-17-18(2)22-21(15-10-16-24-3)23-20(17)14-9-5-8-13-19-11-6-4-7-12-19/h4,6-7,11-12H,5,8,13,16H2,1-3H3. The van der Waals surface area contributed by atoms with Crippen LogP contribution in [-0.4, -0.2) is 23.7 Å². The minimum atomic E-state index is 0.372. The Morgan fingerprint density at radius 3 is 2.54 bits per heavy atom. The number of unbranched alkanes of at least 4 members (excludes halogenated alkanes) is 1. The van der Waals surface area contributed by atoms with E-state index in [-0.39, 0.29) is 0 Å². The highest BCUT2D eigenvalue weighted by atomic mass is 16.5. The van der Waals surface area contributed by atoms with Gasteiger partial charge in [-0.25, -0.2) is 9.97 Å². The number of methoxy groups -OCH3 is 1. The zero-order valence-electron chi connectivity index (χ0n) is 14.5. The molecule has 0 saturated carbocycles. The first kappa shape index (κ1) is 17.7. The SMILES string of the molecule is COCC#Cc1nc(C)c(C)c(C#CCCCc2ccccc2)n1. The number of aromatic nitrogens is 2. The minimum Gasteiger partial charge on any atom is -0.372 e. The van der Waals surface area contributed by atoms with Gasteiger partial charge >= 0.3 is 0 Å². The second-order valence-corrected chi connectivity index (χ2v) is 5.48. The van der Waals surface area contributed by atoms with E-state index in [1.54, 1.807) is 7.11 Å². The van der Waals surface area contributed by atoms with Crippen molar-refractivity contribution in [2.75, 3.05) is 13.7 Å². The lowest BCUT2D eigenvalue weighted by Gasteiger charge is -2.02. The molecule has 2 aromatic rings. The van der Waals surface area contributed by atoms with Crippen molar-refractivity contribution < 1.29 is 4.74 Å². The van der Waals surface area contributed by atoms with E-state index in [0.717, 1.165) is 36.2 Å². The Balaban J connectivity index is 2.00. The third kappa shape index (κ3) is 5.54. The van der Waals surface area contributed by atoms with Gasteiger partial charge in [0.1, 0.15) is 12.3 Å². The highest BCUT2D eigenvalue weighted by Gasteiger charge is 2.04. The largest absolute Gasteiger partial charge is 0.372 e. The molecular weight excluding hydrogens is 296 g/mol. The fraction of sp³-hybridized carbons (Fsp3) is 0.333. The third-order valence-electron chi connectivity index (χ3n) is 3.62. The molecule has 0 aliphatic carbocycles. The molecule has 3 nitrogen and oxygen atoms in total. The number of hydrogen-bond acceptors (Lipinski definition) is 3. The molecule has 1 aromatic carbocycles. The van der Waals surface area contributed by atoms with Gasteiger partial charge < -0.3 is 4.74 Å². The molecule has 0 unspecified atom stereocenters. The van der Waals surface area contributed by atoms with Crippen molar-refractivity contribution in [1.29, 1.82) is 0 Å². The predicted molar refractivity (Wildman–Crippen MR) is 96.5 cm³/mol. The number of hydrogen-bond donors (Lipinski definition) is 0. The number of ether oxygens (including phenoxy) is 1. The maximum absolute atomic E-state index is 4.92. The van der Waals surface area contributed by atoms with E-state index in [1.807, 2.05) is 19.9 Å². The molecule has 0 N–H and O–H groups in total. The van der Waals surface area contributed by atoms with Gasteiger partial charge in [0.05, 0.1) is 0 Å². The molecule has 2 rings (SSSR count). The Kier molecular flexibility index (Phi) is 7.02. The number of rotatable bonds is 4. The highest BCUT2D eigenvalue weighted by molar-refractivity contribution is 5.39. The first-order valence-corrected chi connectivity index (χ1v) is 8.06. The molecule has 0 radical (unpaired) electrons. The Hall–Kier alpha value is -2.62. The van der Waals surface area contributed by atoms with Crippen LogP contribution in [0.15, 0.2) is 30.3 Å². The van der Waals surface area contributed by atoms with E-state index < -0.39 is 0 Å². The van der Waals surface area contributed by atoms with Crippen molar-refractivity contribution in [3.8, 4) is 23.7 Å². The van der Waals surface area contributed by atoms with Gasteiger partial charge in [-0.3, -0.25) is 0 Å². The van der Waals surface area contributed by atoms with Crippen LogP contribution in [0.25, 0.3) is 0 Å². The topological polar surface area (TPSA) is 35.0 Å². The average Bonchev–Trinajstić information content (AvgIpc) is 2.59. The highest BCUT2D eigenvalue weighted by Crippen LogP contribution is 2.08. The summed E-state index contributed by atoms with van der Waals surface area (Å²) < 4.78 is 4.92. The van der Waals surface area contributed by atoms with Crippen molar-refractivity contribution in [3.05, 3.63) is 58.7 Å². The summed E-state index contributed by atoms with van der Waals surface area (Å²) in [4.78, 5) is 8.83. The molecule has 122 valence electrons. The summed E-state index contributed by atoms with van der Waals surface area (Å²) in [5.74, 6) is 12.7. The van der Waals surface area contributed by atoms with Gasteiger partial charge in [-0.05, 0) is 44.1 Å². The van der Waals surface area contributed by atoms with Crippen molar-refractivity contribution >= 4 is 0 Å². The van der Waals surface area contributed by atoms with Crippen LogP contribution >= 0.6 is 0 Å². The van der Waals surface area contributed by atoms with Crippen LogP contribution < -0.4 is 0 Å². The molecule has 0 fully saturated rings. The summed E-state index contributed by atoms with van der Waals surface area (Å²) in [6.45, 7) is 4.32. The fourth-order valence-corrected chi connectivity index (χ4v) is 2.17. The van der Waals surface area contributed by atoms with Crippen LogP contribution in [0.2, 0.25) is 0 Å². The fourth-order valence-electron chi connectivity index (χ4n) is 2.17. The number of benzene rings is 1. The van der Waals surface area contributed by atoms with Crippen molar-refractivity contribution in [2.24, 2.45) is 0 Å². The van der Waals surface area contributed by atoms with E-state index in [2.05, 4.69) is 57.9 Å². The lowest BCUT2D eigenvalue weighted by atomic mass is 10.1. The zero-order chi connectivity index (χ0) is 17.2. The smallest absolute Gasteiger partial charge is 0.206 e. The van der Waals surface area contributed by atoms with Crippen LogP contribution in [-0.2, 0) is 11.2 Å². The summed E-state index contributed by atoms with van der Waals surface area (Å²) in [6.07, 6.45) is 2.94. The van der Waals surface area contributed by atoms with Crippen molar-refractivity contribution in [1.82, 2.24) is 9.97 Å². The van der Waals surface area contributed by atoms with Gasteiger partial charge in [-0.15, -0.1) is 0 Å². The second kappa shape index (κ2) is 9.50. The number of nitrogens with zero attached hydrogens (tertiary/aromatic N) is 2. The van der Waals surface area contributed by atoms with E-state index >= 15 is 0 Å². The van der Waals surface area contributed by atoms with E-state index in [9.17, 15) is 0 Å². The Bertz CT molecular complexity index is 790. The second-order valence-electron chi connectivity index (χ2n) is 5.48. The monoisotopic (exact) mass is 318 g/mol. The molecule has 1 aromatic heterocycles. The van der Waals surface area contributed by atoms with Crippen LogP contribution in [0.3, 0.4) is 0 Å². The first-order chi connectivity index (χ1) is 11.7. The molecule has 0 aliphatic heterocycles. The summed E-state index contributed by atoms with van der Waals surface area (Å²) in [7, 11) is 1.61. The Morgan fingerprint density at radius 1 is 1.00 bits per heavy atom. The van der Waals surface area contributed by atoms with E-state index in [4.69, 9.17) is 4.74 Å². The molecule has 0 atom stereocenters. The zero-order valence-corrected chi connectivity index (χ0v) is 14.5. The molecule has 0 amide bonds. The van der Waals surface area contributed by atoms with Gasteiger partial charge in [-0.1, -0.05) is 42.2 Å². The third-order valence-corrected chi connectivity index (χ3v) is 3.62. The Labute approximate surface area is 144 Å². The Morgan fingerprint density at radius 2 is 1.79 bits per heavy atom. The molecule has 3 heteroatoms. The quantitative estimate of drug-likeness (QED) is 0.639. The van der Waals surface area contributed by atoms with Crippen LogP contribution in [0.4, 0.5) is 0 Å². The summed E-state index contributed by atoms with van der Waals surface area (Å²) in [5.41, 5.74) is 4.05. The molecule has 24 heavy (non-hydrogen) atoms. The van der Waals surface area contributed by atoms with Gasteiger partial charge in [0.25, 0.3) is 0 Å². The van der Waals surface area contributed by atoms with Gasteiger partial charge in [0.15, 0.2) is 0 Å². The summed E-state index contributed by atoms with van der Waals surface area (Å²) in [6, 6.07) is 10.5. The van der Waals surface area contributed by atoms with Crippen molar-refractivity contribution in [3.63, 3.8) is 0 Å². The maximum Gasteiger partial charge on any atom is 0.206 e. The minimum absolute atomic E-state index is 0.372. The first-order valence-electron chi connectivity index (χ1n) is 8.06. The molecule has 0 aliphatic rings. The van der Waals surface area contributed by atoms with Crippen molar-refractivity contribution in [2.45, 2.75) is 33.1 Å². The van der Waals surface area contributed by atoms with E-state index in [0.29, 0.717) is 12.4 Å². The summed E-state index contributed by atoms with van der Waals surface area (Å²) in [5, 5.41) is 0. The lowest BCUT2D eigenvalue weighted by Crippen LogP contribution is -2.00. The molecular formula is C21H22N2O.